The molecule has 7 heteroatoms. The molecular weight excluding hydrogens is 448 g/mol. The normalized spacial score (nSPS) is 23.3. The number of nitrogens with zero attached hydrogens (tertiary/aromatic N) is 6. The summed E-state index contributed by atoms with van der Waals surface area (Å²) >= 11 is 0. The number of hydrogen-bond donors (Lipinski definition) is 0. The lowest BCUT2D eigenvalue weighted by Crippen LogP contribution is -2.35. The molecule has 3 aromatic rings. The van der Waals surface area contributed by atoms with E-state index < -0.39 is 0 Å². The largest absolute Gasteiger partial charge is 0.338 e. The van der Waals surface area contributed by atoms with Crippen molar-refractivity contribution >= 4 is 5.91 Å². The highest BCUT2D eigenvalue weighted by Crippen LogP contribution is 2.44. The van der Waals surface area contributed by atoms with Crippen molar-refractivity contribution in [2.24, 2.45) is 11.8 Å². The summed E-state index contributed by atoms with van der Waals surface area (Å²) in [6.45, 7) is 8.97. The molecule has 0 radical (unpaired) electrons. The number of carbonyl (C=O) groups excluding carboxylic acids is 1. The van der Waals surface area contributed by atoms with Gasteiger partial charge in [0.2, 0.25) is 0 Å². The monoisotopic (exact) mass is 484 g/mol. The van der Waals surface area contributed by atoms with E-state index in [9.17, 15) is 4.79 Å². The number of amides is 1. The minimum atomic E-state index is 0.114. The van der Waals surface area contributed by atoms with Gasteiger partial charge >= 0.3 is 0 Å². The lowest BCUT2D eigenvalue weighted by molar-refractivity contribution is 0.0772. The van der Waals surface area contributed by atoms with Gasteiger partial charge in [0.1, 0.15) is 12.0 Å². The Morgan fingerprint density at radius 1 is 0.972 bits per heavy atom. The third-order valence-electron chi connectivity index (χ3n) is 9.00. The van der Waals surface area contributed by atoms with E-state index in [2.05, 4.69) is 55.2 Å². The molecule has 1 saturated carbocycles. The zero-order valence-electron chi connectivity index (χ0n) is 21.4. The molecule has 0 spiro atoms. The molecular formula is C29H36N6O. The molecule has 0 N–H and O–H groups in total. The van der Waals surface area contributed by atoms with Crippen LogP contribution in [-0.2, 0) is 5.41 Å². The Hall–Kier alpha value is -3.06. The van der Waals surface area contributed by atoms with Gasteiger partial charge in [-0.2, -0.15) is 5.10 Å². The summed E-state index contributed by atoms with van der Waals surface area (Å²) in [5, 5.41) is 4.63. The Bertz CT molecular complexity index is 1200. The first-order valence-corrected chi connectivity index (χ1v) is 13.4. The first kappa shape index (κ1) is 23.3. The maximum atomic E-state index is 13.6. The summed E-state index contributed by atoms with van der Waals surface area (Å²) in [5.41, 5.74) is 5.02. The van der Waals surface area contributed by atoms with Gasteiger partial charge in [0.05, 0.1) is 29.3 Å². The van der Waals surface area contributed by atoms with E-state index in [1.807, 2.05) is 13.8 Å². The number of rotatable bonds is 6. The Kier molecular flexibility index (Phi) is 6.12. The molecule has 3 aliphatic rings. The number of benzene rings is 1. The Labute approximate surface area is 213 Å². The fraction of sp³-hybridized carbons (Fsp3) is 0.517. The first-order valence-electron chi connectivity index (χ1n) is 13.4. The molecule has 6 rings (SSSR count). The number of aromatic nitrogens is 4. The van der Waals surface area contributed by atoms with Crippen LogP contribution in [0.1, 0.15) is 59.4 Å². The molecule has 2 unspecified atom stereocenters. The number of hydrogen-bond acceptors (Lipinski definition) is 5. The van der Waals surface area contributed by atoms with E-state index in [1.54, 1.807) is 17.1 Å². The smallest absolute Gasteiger partial charge is 0.257 e. The lowest BCUT2D eigenvalue weighted by atomic mass is 9.76. The number of fused-ring (bicyclic) bond motifs is 1. The molecule has 2 aliphatic heterocycles. The van der Waals surface area contributed by atoms with E-state index in [-0.39, 0.29) is 5.91 Å². The van der Waals surface area contributed by atoms with Gasteiger partial charge in [-0.1, -0.05) is 43.2 Å². The van der Waals surface area contributed by atoms with Crippen LogP contribution in [0.25, 0.3) is 5.69 Å². The minimum absolute atomic E-state index is 0.114. The molecule has 4 heterocycles. The predicted molar refractivity (Wildman–Crippen MR) is 139 cm³/mol. The third kappa shape index (κ3) is 4.13. The molecule has 7 nitrogen and oxygen atoms in total. The van der Waals surface area contributed by atoms with Crippen molar-refractivity contribution < 1.29 is 4.79 Å². The number of aryl methyl sites for hydroxylation is 1. The van der Waals surface area contributed by atoms with Crippen LogP contribution in [0.5, 0.6) is 0 Å². The van der Waals surface area contributed by atoms with Gasteiger partial charge in [-0.25, -0.2) is 14.6 Å². The maximum absolute atomic E-state index is 13.6. The standard InChI is InChI=1S/C29H36N6O/c1-21-27(22(2)35(32-21)26-14-30-20-31-15-26)28(36)34-18-23-16-33(17-24(23)19-34)13-12-29(10-6-7-11-29)25-8-4-3-5-9-25/h3-5,8-9,14-15,20,23-24H,6-7,10-13,16-19H2,1-2H3. The summed E-state index contributed by atoms with van der Waals surface area (Å²) in [4.78, 5) is 26.5. The van der Waals surface area contributed by atoms with Gasteiger partial charge in [0.25, 0.3) is 5.91 Å². The topological polar surface area (TPSA) is 67.2 Å². The molecule has 0 bridgehead atoms. The molecule has 3 fully saturated rings. The van der Waals surface area contributed by atoms with Crippen molar-refractivity contribution in [1.29, 1.82) is 0 Å². The summed E-state index contributed by atoms with van der Waals surface area (Å²) in [5.74, 6) is 1.26. The van der Waals surface area contributed by atoms with Crippen LogP contribution in [0.15, 0.2) is 49.1 Å². The van der Waals surface area contributed by atoms with Gasteiger partial charge in [-0.15, -0.1) is 0 Å². The highest BCUT2D eigenvalue weighted by Gasteiger charge is 2.43. The zero-order valence-corrected chi connectivity index (χ0v) is 21.4. The van der Waals surface area contributed by atoms with Crippen molar-refractivity contribution in [3.05, 3.63) is 71.6 Å². The average molecular weight is 485 g/mol. The third-order valence-corrected chi connectivity index (χ3v) is 9.00. The molecule has 1 aromatic carbocycles. The van der Waals surface area contributed by atoms with E-state index in [4.69, 9.17) is 0 Å². The summed E-state index contributed by atoms with van der Waals surface area (Å²) in [6, 6.07) is 11.2. The Morgan fingerprint density at radius 2 is 1.64 bits per heavy atom. The van der Waals surface area contributed by atoms with Gasteiger partial charge < -0.3 is 9.80 Å². The van der Waals surface area contributed by atoms with Gasteiger partial charge in [-0.05, 0) is 62.5 Å². The summed E-state index contributed by atoms with van der Waals surface area (Å²) < 4.78 is 1.78. The SMILES string of the molecule is Cc1nn(-c2cncnc2)c(C)c1C(=O)N1CC2CN(CCC3(c4ccccc4)CCCC3)CC2C1. The highest BCUT2D eigenvalue weighted by molar-refractivity contribution is 5.96. The van der Waals surface area contributed by atoms with E-state index in [0.29, 0.717) is 17.3 Å². The maximum Gasteiger partial charge on any atom is 0.257 e. The Morgan fingerprint density at radius 3 is 2.31 bits per heavy atom. The average Bonchev–Trinajstić information content (AvgIpc) is 3.67. The van der Waals surface area contributed by atoms with Crippen LogP contribution in [0.2, 0.25) is 0 Å². The summed E-state index contributed by atoms with van der Waals surface area (Å²) in [7, 11) is 0. The molecule has 1 amide bonds. The van der Waals surface area contributed by atoms with Crippen molar-refractivity contribution in [1.82, 2.24) is 29.5 Å². The van der Waals surface area contributed by atoms with E-state index in [1.165, 1.54) is 50.5 Å². The molecule has 1 aliphatic carbocycles. The van der Waals surface area contributed by atoms with Crippen LogP contribution in [0, 0.1) is 25.7 Å². The Balaban J connectivity index is 1.09. The van der Waals surface area contributed by atoms with Crippen LogP contribution in [-0.4, -0.2) is 68.2 Å². The quantitative estimate of drug-likeness (QED) is 0.525. The van der Waals surface area contributed by atoms with Crippen molar-refractivity contribution in [3.63, 3.8) is 0 Å². The van der Waals surface area contributed by atoms with Crippen LogP contribution in [0.4, 0.5) is 0 Å². The fourth-order valence-electron chi connectivity index (χ4n) is 7.10. The minimum Gasteiger partial charge on any atom is -0.338 e. The zero-order chi connectivity index (χ0) is 24.7. The number of likely N-dealkylation sites (tertiary alicyclic amines) is 2. The predicted octanol–water partition coefficient (Wildman–Crippen LogP) is 4.19. The molecule has 188 valence electrons. The van der Waals surface area contributed by atoms with Gasteiger partial charge in [0, 0.05) is 26.2 Å². The van der Waals surface area contributed by atoms with Crippen LogP contribution >= 0.6 is 0 Å². The molecule has 36 heavy (non-hydrogen) atoms. The lowest BCUT2D eigenvalue weighted by Gasteiger charge is -2.32. The first-order chi connectivity index (χ1) is 17.5. The number of carbonyl (C=O) groups is 1. The second-order valence-corrected chi connectivity index (χ2v) is 11.1. The highest BCUT2D eigenvalue weighted by atomic mass is 16.2. The second kappa shape index (κ2) is 9.43. The summed E-state index contributed by atoms with van der Waals surface area (Å²) in [6.07, 6.45) is 11.5. The van der Waals surface area contributed by atoms with Crippen molar-refractivity contribution in [2.45, 2.75) is 51.4 Å². The van der Waals surface area contributed by atoms with E-state index >= 15 is 0 Å². The van der Waals surface area contributed by atoms with Crippen LogP contribution < -0.4 is 0 Å². The van der Waals surface area contributed by atoms with Crippen molar-refractivity contribution in [3.8, 4) is 5.69 Å². The second-order valence-electron chi connectivity index (χ2n) is 11.1. The van der Waals surface area contributed by atoms with Gasteiger partial charge in [0.15, 0.2) is 0 Å². The van der Waals surface area contributed by atoms with Gasteiger partial charge in [-0.3, -0.25) is 4.79 Å². The fourth-order valence-corrected chi connectivity index (χ4v) is 7.10. The van der Waals surface area contributed by atoms with Crippen molar-refractivity contribution in [2.75, 3.05) is 32.7 Å². The van der Waals surface area contributed by atoms with Crippen LogP contribution in [0.3, 0.4) is 0 Å². The molecule has 2 saturated heterocycles. The molecule has 2 atom stereocenters. The van der Waals surface area contributed by atoms with E-state index in [0.717, 1.165) is 48.8 Å². The molecule has 2 aromatic heterocycles.